The van der Waals surface area contributed by atoms with E-state index in [9.17, 15) is 4.79 Å². The first kappa shape index (κ1) is 8.04. The highest BCUT2D eigenvalue weighted by Crippen LogP contribution is 2.44. The van der Waals surface area contributed by atoms with Crippen molar-refractivity contribution in [3.05, 3.63) is 36.5 Å². The van der Waals surface area contributed by atoms with Gasteiger partial charge >= 0.3 is 0 Å². The lowest BCUT2D eigenvalue weighted by Gasteiger charge is -2.31. The van der Waals surface area contributed by atoms with Crippen molar-refractivity contribution in [3.63, 3.8) is 0 Å². The lowest BCUT2D eigenvalue weighted by molar-refractivity contribution is -0.123. The predicted octanol–water partition coefficient (Wildman–Crippen LogP) is 1.42. The zero-order valence-electron chi connectivity index (χ0n) is 7.94. The molecule has 0 spiro atoms. The second-order valence-corrected chi connectivity index (χ2v) is 4.38. The van der Waals surface area contributed by atoms with Crippen LogP contribution in [0.15, 0.2) is 36.5 Å². The topological polar surface area (TPSA) is 29.1 Å². The van der Waals surface area contributed by atoms with Gasteiger partial charge in [0.25, 0.3) is 0 Å². The first-order valence-corrected chi connectivity index (χ1v) is 5.10. The largest absolute Gasteiger partial charge is 0.352 e. The summed E-state index contributed by atoms with van der Waals surface area (Å²) in [4.78, 5) is 11.7. The molecule has 3 aliphatic rings. The van der Waals surface area contributed by atoms with Gasteiger partial charge in [0.2, 0.25) is 5.91 Å². The number of hydrogen-bond acceptors (Lipinski definition) is 1. The number of hydrogen-bond donors (Lipinski definition) is 1. The Morgan fingerprint density at radius 3 is 3.00 bits per heavy atom. The average Bonchev–Trinajstić information content (AvgIpc) is 2.35. The molecule has 2 fully saturated rings. The summed E-state index contributed by atoms with van der Waals surface area (Å²) in [7, 11) is 0. The molecule has 4 atom stereocenters. The second-order valence-electron chi connectivity index (χ2n) is 4.38. The van der Waals surface area contributed by atoms with Gasteiger partial charge in [-0.2, -0.15) is 0 Å². The minimum absolute atomic E-state index is 0.108. The monoisotopic (exact) mass is 187 g/mol. The number of rotatable bonds is 0. The molecule has 0 radical (unpaired) electrons. The SMILES string of the molecule is C=C1C[C@H]2NC(=O)[C@@H]3[C@@H]2C=CC=C[C@@H]13. The van der Waals surface area contributed by atoms with Gasteiger partial charge in [0, 0.05) is 17.9 Å². The Morgan fingerprint density at radius 2 is 2.14 bits per heavy atom. The highest BCUT2D eigenvalue weighted by Gasteiger charge is 2.49. The molecule has 1 heterocycles. The standard InChI is InChI=1S/C12H13NO/c1-7-6-10-9-5-3-2-4-8(7)11(9)12(14)13-10/h2-5,8-11H,1,6H2,(H,13,14)/t8-,9+,10+,11-/m0/s1. The lowest BCUT2D eigenvalue weighted by Crippen LogP contribution is -2.32. The molecule has 1 saturated heterocycles. The van der Waals surface area contributed by atoms with Gasteiger partial charge in [0.1, 0.15) is 0 Å². The van der Waals surface area contributed by atoms with Gasteiger partial charge in [-0.1, -0.05) is 36.5 Å². The van der Waals surface area contributed by atoms with Crippen LogP contribution in [0, 0.1) is 17.8 Å². The minimum atomic E-state index is 0.108. The maximum atomic E-state index is 11.7. The normalized spacial score (nSPS) is 43.7. The van der Waals surface area contributed by atoms with Crippen LogP contribution in [0.3, 0.4) is 0 Å². The molecule has 0 unspecified atom stereocenters. The number of carbonyl (C=O) groups is 1. The van der Waals surface area contributed by atoms with Crippen molar-refractivity contribution in [2.75, 3.05) is 0 Å². The number of carbonyl (C=O) groups excluding carboxylic acids is 1. The van der Waals surface area contributed by atoms with Gasteiger partial charge in [-0.15, -0.1) is 0 Å². The van der Waals surface area contributed by atoms with Crippen LogP contribution in [0.1, 0.15) is 6.42 Å². The summed E-state index contributed by atoms with van der Waals surface area (Å²) in [5.41, 5.74) is 1.20. The first-order chi connectivity index (χ1) is 6.77. The number of allylic oxidation sites excluding steroid dienone is 3. The van der Waals surface area contributed by atoms with Gasteiger partial charge in [-0.3, -0.25) is 4.79 Å². The van der Waals surface area contributed by atoms with Crippen molar-refractivity contribution in [2.24, 2.45) is 17.8 Å². The Labute approximate surface area is 83.4 Å². The van der Waals surface area contributed by atoms with E-state index in [1.807, 2.05) is 6.08 Å². The second kappa shape index (κ2) is 2.59. The molecule has 2 heteroatoms. The van der Waals surface area contributed by atoms with Crippen LogP contribution < -0.4 is 5.32 Å². The van der Waals surface area contributed by atoms with E-state index in [1.54, 1.807) is 0 Å². The highest BCUT2D eigenvalue weighted by atomic mass is 16.2. The predicted molar refractivity (Wildman–Crippen MR) is 54.4 cm³/mol. The quantitative estimate of drug-likeness (QED) is 0.571. The molecule has 72 valence electrons. The van der Waals surface area contributed by atoms with E-state index in [2.05, 4.69) is 30.1 Å². The molecule has 1 saturated carbocycles. The highest BCUT2D eigenvalue weighted by molar-refractivity contribution is 5.84. The molecule has 1 amide bonds. The summed E-state index contributed by atoms with van der Waals surface area (Å²) in [5.74, 6) is 0.956. The third-order valence-corrected chi connectivity index (χ3v) is 3.61. The molecule has 1 N–H and O–H groups in total. The van der Waals surface area contributed by atoms with Gasteiger partial charge in [-0.25, -0.2) is 0 Å². The van der Waals surface area contributed by atoms with Crippen LogP contribution in [-0.4, -0.2) is 11.9 Å². The fourth-order valence-corrected chi connectivity index (χ4v) is 2.95. The Morgan fingerprint density at radius 1 is 1.36 bits per heavy atom. The van der Waals surface area contributed by atoms with Crippen LogP contribution in [0.25, 0.3) is 0 Å². The summed E-state index contributed by atoms with van der Waals surface area (Å²) >= 11 is 0. The molecular weight excluding hydrogens is 174 g/mol. The zero-order chi connectivity index (χ0) is 9.71. The van der Waals surface area contributed by atoms with Crippen molar-refractivity contribution in [2.45, 2.75) is 12.5 Å². The van der Waals surface area contributed by atoms with Gasteiger partial charge in [0.15, 0.2) is 0 Å². The molecule has 0 aromatic heterocycles. The maximum absolute atomic E-state index is 11.7. The van der Waals surface area contributed by atoms with Crippen molar-refractivity contribution >= 4 is 5.91 Å². The number of nitrogens with one attached hydrogen (secondary N) is 1. The first-order valence-electron chi connectivity index (χ1n) is 5.10. The average molecular weight is 187 g/mol. The Hall–Kier alpha value is -1.31. The van der Waals surface area contributed by atoms with Crippen molar-refractivity contribution < 1.29 is 4.79 Å². The summed E-state index contributed by atoms with van der Waals surface area (Å²) < 4.78 is 0. The zero-order valence-corrected chi connectivity index (χ0v) is 7.94. The molecule has 2 nitrogen and oxygen atoms in total. The van der Waals surface area contributed by atoms with E-state index in [-0.39, 0.29) is 17.7 Å². The molecule has 14 heavy (non-hydrogen) atoms. The lowest BCUT2D eigenvalue weighted by atomic mass is 9.71. The minimum Gasteiger partial charge on any atom is -0.352 e. The Bertz CT molecular complexity index is 367. The van der Waals surface area contributed by atoms with E-state index >= 15 is 0 Å². The smallest absolute Gasteiger partial charge is 0.224 e. The van der Waals surface area contributed by atoms with Crippen LogP contribution >= 0.6 is 0 Å². The van der Waals surface area contributed by atoms with E-state index in [0.29, 0.717) is 12.0 Å². The maximum Gasteiger partial charge on any atom is 0.224 e. The molecule has 2 aliphatic carbocycles. The van der Waals surface area contributed by atoms with Crippen LogP contribution in [-0.2, 0) is 4.79 Å². The number of amides is 1. The van der Waals surface area contributed by atoms with Crippen LogP contribution in [0.5, 0.6) is 0 Å². The third-order valence-electron chi connectivity index (χ3n) is 3.61. The Balaban J connectivity index is 2.11. The van der Waals surface area contributed by atoms with Gasteiger partial charge < -0.3 is 5.32 Å². The molecule has 1 aliphatic heterocycles. The third kappa shape index (κ3) is 0.884. The van der Waals surface area contributed by atoms with E-state index in [0.717, 1.165) is 6.42 Å². The van der Waals surface area contributed by atoms with Crippen LogP contribution in [0.2, 0.25) is 0 Å². The molecule has 0 aromatic rings. The van der Waals surface area contributed by atoms with Crippen molar-refractivity contribution in [1.82, 2.24) is 5.32 Å². The van der Waals surface area contributed by atoms with Crippen molar-refractivity contribution in [1.29, 1.82) is 0 Å². The Kier molecular flexibility index (Phi) is 1.49. The molecule has 0 aromatic carbocycles. The summed E-state index contributed by atoms with van der Waals surface area (Å²) in [5, 5.41) is 3.06. The van der Waals surface area contributed by atoms with E-state index in [4.69, 9.17) is 0 Å². The fourth-order valence-electron chi connectivity index (χ4n) is 2.95. The molecule has 4 bridgehead atoms. The van der Waals surface area contributed by atoms with Gasteiger partial charge in [0.05, 0.1) is 5.92 Å². The van der Waals surface area contributed by atoms with E-state index in [1.165, 1.54) is 5.57 Å². The van der Waals surface area contributed by atoms with Crippen molar-refractivity contribution in [3.8, 4) is 0 Å². The fraction of sp³-hybridized carbons (Fsp3) is 0.417. The van der Waals surface area contributed by atoms with Crippen LogP contribution in [0.4, 0.5) is 0 Å². The molecule has 3 rings (SSSR count). The summed E-state index contributed by atoms with van der Waals surface area (Å²) in [6, 6.07) is 0.299. The summed E-state index contributed by atoms with van der Waals surface area (Å²) in [6.45, 7) is 4.08. The van der Waals surface area contributed by atoms with E-state index < -0.39 is 0 Å². The summed E-state index contributed by atoms with van der Waals surface area (Å²) in [6.07, 6.45) is 9.32. The molecular formula is C12H13NO. The van der Waals surface area contributed by atoms with Gasteiger partial charge in [-0.05, 0) is 6.42 Å².